The van der Waals surface area contributed by atoms with Gasteiger partial charge < -0.3 is 39.4 Å². The van der Waals surface area contributed by atoms with Crippen LogP contribution in [0.5, 0.6) is 5.75 Å². The third kappa shape index (κ3) is 8.73. The number of rotatable bonds is 15. The minimum absolute atomic E-state index is 0.0625. The van der Waals surface area contributed by atoms with Gasteiger partial charge in [0.15, 0.2) is 18.2 Å². The van der Waals surface area contributed by atoms with Crippen molar-refractivity contribution in [3.63, 3.8) is 0 Å². The van der Waals surface area contributed by atoms with Gasteiger partial charge in [0, 0.05) is 44.4 Å². The molecule has 2 heterocycles. The number of amides is 2. The molecular formula is C32H43F2N4O13P. The number of aromatic nitrogens is 1. The molecule has 4 rings (SSSR count). The Morgan fingerprint density at radius 1 is 1.12 bits per heavy atom. The highest BCUT2D eigenvalue weighted by Crippen LogP contribution is 2.61. The molecule has 288 valence electrons. The molecule has 52 heavy (non-hydrogen) atoms. The summed E-state index contributed by atoms with van der Waals surface area (Å²) in [6, 6.07) is 2.76. The smallest absolute Gasteiger partial charge is 0.502 e. The minimum atomic E-state index is -4.31. The van der Waals surface area contributed by atoms with Crippen LogP contribution in [0.15, 0.2) is 29.2 Å². The van der Waals surface area contributed by atoms with Gasteiger partial charge in [0.2, 0.25) is 12.2 Å². The van der Waals surface area contributed by atoms with E-state index in [4.69, 9.17) is 28.0 Å². The fourth-order valence-corrected chi connectivity index (χ4v) is 7.96. The Kier molecular flexibility index (Phi) is 13.0. The predicted octanol–water partition coefficient (Wildman–Crippen LogP) is 3.47. The molecule has 17 nitrogen and oxygen atoms in total. The number of nitrogens with one attached hydrogen (secondary N) is 1. The van der Waals surface area contributed by atoms with Crippen molar-refractivity contribution in [2.75, 3.05) is 32.2 Å². The van der Waals surface area contributed by atoms with E-state index in [1.54, 1.807) is 34.6 Å². The number of hydrogen-bond acceptors (Lipinski definition) is 14. The van der Waals surface area contributed by atoms with Crippen molar-refractivity contribution in [2.45, 2.75) is 90.4 Å². The van der Waals surface area contributed by atoms with Gasteiger partial charge in [-0.1, -0.05) is 6.07 Å². The van der Waals surface area contributed by atoms with E-state index in [2.05, 4.69) is 5.32 Å². The standard InChI is InChI=1S/C32H43F2N4O13P/c1-7-37-29(42)25-27(40)26(39)23(28(41)35-14-20-8-9-21(33)12-24(20)34)15-38(25)36(6)32(37)11-10-22(13-32)52(45,48-16-46-30(43)50-18(2)3)49-17-47-31(44)51-19(4)5/h8-9,12,15,18-19,22,30,40,43H,7,10-11,13-14,16-17H2,1-6H3,(H,35,41). The van der Waals surface area contributed by atoms with E-state index in [0.29, 0.717) is 6.07 Å². The molecule has 1 aromatic heterocycles. The molecule has 1 aliphatic carbocycles. The lowest BCUT2D eigenvalue weighted by Gasteiger charge is -2.52. The van der Waals surface area contributed by atoms with E-state index in [1.165, 1.54) is 17.0 Å². The molecule has 3 N–H and O–H groups in total. The van der Waals surface area contributed by atoms with Crippen molar-refractivity contribution < 1.29 is 65.9 Å². The Bertz CT molecular complexity index is 1760. The van der Waals surface area contributed by atoms with E-state index in [-0.39, 0.29) is 31.4 Å². The SMILES string of the molecule is CCN1C(=O)c2c(O)c(=O)c(C(=O)NCc3ccc(F)cc3F)cn2N(C)C12CCC(P(=O)(OCOC(=O)OC(C)C)OCOC(O)OC(C)C)C2. The van der Waals surface area contributed by atoms with Gasteiger partial charge in [0.25, 0.3) is 18.3 Å². The number of benzene rings is 1. The summed E-state index contributed by atoms with van der Waals surface area (Å²) in [5, 5.41) is 24.8. The number of carbonyl (C=O) groups excluding carboxylic acids is 3. The van der Waals surface area contributed by atoms with Crippen LogP contribution in [0.4, 0.5) is 13.6 Å². The summed E-state index contributed by atoms with van der Waals surface area (Å²) in [6.07, 6.45) is -0.831. The highest BCUT2D eigenvalue weighted by Gasteiger charge is 2.57. The molecule has 1 aliphatic heterocycles. The average molecular weight is 761 g/mol. The zero-order valence-electron chi connectivity index (χ0n) is 29.5. The molecule has 4 unspecified atom stereocenters. The summed E-state index contributed by atoms with van der Waals surface area (Å²) in [6.45, 7) is 4.43. The van der Waals surface area contributed by atoms with Gasteiger partial charge in [-0.2, -0.15) is 0 Å². The number of aliphatic hydroxyl groups is 1. The zero-order chi connectivity index (χ0) is 38.5. The Morgan fingerprint density at radius 2 is 1.81 bits per heavy atom. The van der Waals surface area contributed by atoms with Crippen LogP contribution in [0.1, 0.15) is 80.3 Å². The maximum Gasteiger partial charge on any atom is 0.510 e. The van der Waals surface area contributed by atoms with Crippen molar-refractivity contribution in [3.8, 4) is 5.75 Å². The number of aliphatic hydroxyl groups excluding tert-OH is 1. The van der Waals surface area contributed by atoms with Crippen molar-refractivity contribution in [1.82, 2.24) is 14.9 Å². The first-order valence-electron chi connectivity index (χ1n) is 16.4. The predicted molar refractivity (Wildman–Crippen MR) is 177 cm³/mol. The van der Waals surface area contributed by atoms with E-state index >= 15 is 0 Å². The number of hydrogen-bond donors (Lipinski definition) is 3. The number of aromatic hydroxyl groups is 1. The Morgan fingerprint density at radius 3 is 2.44 bits per heavy atom. The molecular weight excluding hydrogens is 717 g/mol. The molecule has 2 aliphatic rings. The third-order valence-corrected chi connectivity index (χ3v) is 10.8. The van der Waals surface area contributed by atoms with Crippen LogP contribution in [0.25, 0.3) is 0 Å². The minimum Gasteiger partial charge on any atom is -0.502 e. The van der Waals surface area contributed by atoms with Crippen molar-refractivity contribution >= 4 is 25.6 Å². The molecule has 20 heteroatoms. The first-order chi connectivity index (χ1) is 24.4. The summed E-state index contributed by atoms with van der Waals surface area (Å²) in [5.41, 5.74) is -4.52. The van der Waals surface area contributed by atoms with E-state index in [0.717, 1.165) is 23.0 Å². The lowest BCUT2D eigenvalue weighted by atomic mass is 10.0. The number of pyridine rings is 1. The summed E-state index contributed by atoms with van der Waals surface area (Å²) in [7, 11) is -2.78. The molecule has 2 amide bonds. The topological polar surface area (TPSA) is 205 Å². The van der Waals surface area contributed by atoms with Crippen LogP contribution in [-0.2, 0) is 39.1 Å². The largest absolute Gasteiger partial charge is 0.510 e. The maximum absolute atomic E-state index is 14.4. The monoisotopic (exact) mass is 760 g/mol. The fourth-order valence-electron chi connectivity index (χ4n) is 6.10. The first kappa shape index (κ1) is 40.6. The molecule has 1 fully saturated rings. The second-order valence-corrected chi connectivity index (χ2v) is 14.9. The normalized spacial score (nSPS) is 20.3. The van der Waals surface area contributed by atoms with Gasteiger partial charge in [-0.25, -0.2) is 13.6 Å². The molecule has 4 atom stereocenters. The zero-order valence-corrected chi connectivity index (χ0v) is 30.4. The van der Waals surface area contributed by atoms with E-state index in [1.807, 2.05) is 0 Å². The van der Waals surface area contributed by atoms with Crippen LogP contribution in [0.3, 0.4) is 0 Å². The van der Waals surface area contributed by atoms with Gasteiger partial charge in [-0.3, -0.25) is 37.7 Å². The van der Waals surface area contributed by atoms with E-state index in [9.17, 15) is 42.7 Å². The van der Waals surface area contributed by atoms with Crippen LogP contribution < -0.4 is 15.8 Å². The van der Waals surface area contributed by atoms with Gasteiger partial charge in [0.1, 0.15) is 22.9 Å². The summed E-state index contributed by atoms with van der Waals surface area (Å²) < 4.78 is 74.1. The third-order valence-electron chi connectivity index (χ3n) is 8.52. The number of nitrogens with zero attached hydrogens (tertiary/aromatic N) is 3. The summed E-state index contributed by atoms with van der Waals surface area (Å²) >= 11 is 0. The van der Waals surface area contributed by atoms with Crippen LogP contribution in [-0.4, -0.2) is 94.9 Å². The number of halogens is 2. The Labute approximate surface area is 297 Å². The number of ether oxygens (including phenoxy) is 4. The second kappa shape index (κ2) is 16.7. The number of fused-ring (bicyclic) bond motifs is 1. The molecule has 1 saturated carbocycles. The van der Waals surface area contributed by atoms with Crippen LogP contribution >= 0.6 is 7.60 Å². The molecule has 0 bridgehead atoms. The van der Waals surface area contributed by atoms with Crippen LogP contribution in [0.2, 0.25) is 0 Å². The highest BCUT2D eigenvalue weighted by atomic mass is 31.2. The summed E-state index contributed by atoms with van der Waals surface area (Å²) in [5.74, 6) is -4.54. The fraction of sp³-hybridized carbons (Fsp3) is 0.562. The first-order valence-corrected chi connectivity index (χ1v) is 18.0. The Balaban J connectivity index is 1.63. The maximum atomic E-state index is 14.4. The van der Waals surface area contributed by atoms with Crippen molar-refractivity contribution in [2.24, 2.45) is 0 Å². The average Bonchev–Trinajstić information content (AvgIpc) is 3.50. The van der Waals surface area contributed by atoms with Gasteiger partial charge >= 0.3 is 13.8 Å². The molecule has 0 radical (unpaired) electrons. The van der Waals surface area contributed by atoms with E-state index < -0.39 is 110 Å². The van der Waals surface area contributed by atoms with Crippen molar-refractivity contribution in [1.29, 1.82) is 0 Å². The molecule has 1 spiro atoms. The second-order valence-electron chi connectivity index (χ2n) is 12.5. The van der Waals surface area contributed by atoms with Crippen molar-refractivity contribution in [3.05, 3.63) is 63.1 Å². The molecule has 2 aromatic rings. The van der Waals surface area contributed by atoms with Gasteiger partial charge in [-0.05, 0) is 53.5 Å². The lowest BCUT2D eigenvalue weighted by molar-refractivity contribution is -0.294. The van der Waals surface area contributed by atoms with Gasteiger partial charge in [0.05, 0.1) is 17.9 Å². The Hall–Kier alpha value is -4.13. The highest BCUT2D eigenvalue weighted by molar-refractivity contribution is 7.54. The molecule has 1 aromatic carbocycles. The lowest BCUT2D eigenvalue weighted by Crippen LogP contribution is -2.68. The quantitative estimate of drug-likeness (QED) is 0.135. The van der Waals surface area contributed by atoms with Crippen LogP contribution in [0, 0.1) is 11.6 Å². The number of carbonyl (C=O) groups is 3. The molecule has 0 saturated heterocycles. The summed E-state index contributed by atoms with van der Waals surface area (Å²) in [4.78, 5) is 53.6. The van der Waals surface area contributed by atoms with Gasteiger partial charge in [-0.15, -0.1) is 0 Å².